The number of nitrogens with zero attached hydrogens (tertiary/aromatic N) is 2. The zero-order valence-electron chi connectivity index (χ0n) is 14.8. The summed E-state index contributed by atoms with van der Waals surface area (Å²) in [5.74, 6) is 0. The van der Waals surface area contributed by atoms with Crippen LogP contribution in [0.2, 0.25) is 0 Å². The third-order valence-corrected chi connectivity index (χ3v) is 5.36. The van der Waals surface area contributed by atoms with Crippen molar-refractivity contribution in [1.82, 2.24) is 9.80 Å². The number of aryl methyl sites for hydroxylation is 1. The van der Waals surface area contributed by atoms with Crippen LogP contribution < -0.4 is 0 Å². The van der Waals surface area contributed by atoms with E-state index >= 15 is 0 Å². The van der Waals surface area contributed by atoms with Gasteiger partial charge in [-0.1, -0.05) is 24.3 Å². The predicted octanol–water partition coefficient (Wildman–Crippen LogP) is 3.06. The van der Waals surface area contributed by atoms with Crippen LogP contribution in [0.1, 0.15) is 50.7 Å². The second kappa shape index (κ2) is 7.33. The van der Waals surface area contributed by atoms with Crippen LogP contribution in [0.25, 0.3) is 0 Å². The maximum atomic E-state index is 9.83. The Morgan fingerprint density at radius 3 is 2.35 bits per heavy atom. The maximum Gasteiger partial charge on any atom is 0.0594 e. The monoisotopic (exact) mass is 316 g/mol. The zero-order chi connectivity index (χ0) is 16.3. The highest BCUT2D eigenvalue weighted by Crippen LogP contribution is 2.22. The minimum Gasteiger partial charge on any atom is -0.390 e. The largest absolute Gasteiger partial charge is 0.390 e. The summed E-state index contributed by atoms with van der Waals surface area (Å²) < 4.78 is 0. The molecule has 1 N–H and O–H groups in total. The van der Waals surface area contributed by atoms with Gasteiger partial charge in [0.25, 0.3) is 0 Å². The number of hydrogen-bond acceptors (Lipinski definition) is 3. The fraction of sp³-hybridized carbons (Fsp3) is 0.700. The Labute approximate surface area is 141 Å². The van der Waals surface area contributed by atoms with Gasteiger partial charge in [-0.25, -0.2) is 0 Å². The van der Waals surface area contributed by atoms with Crippen LogP contribution in [-0.2, 0) is 13.0 Å². The van der Waals surface area contributed by atoms with Crippen molar-refractivity contribution in [3.63, 3.8) is 0 Å². The Balaban J connectivity index is 1.47. The molecule has 0 saturated carbocycles. The first kappa shape index (κ1) is 16.9. The van der Waals surface area contributed by atoms with Gasteiger partial charge >= 0.3 is 0 Å². The molecule has 2 fully saturated rings. The molecule has 0 aliphatic carbocycles. The lowest BCUT2D eigenvalue weighted by Gasteiger charge is -2.23. The molecule has 3 rings (SSSR count). The summed E-state index contributed by atoms with van der Waals surface area (Å²) in [5.41, 5.74) is 2.17. The summed E-state index contributed by atoms with van der Waals surface area (Å²) in [6.45, 7) is 9.94. The van der Waals surface area contributed by atoms with Gasteiger partial charge in [-0.2, -0.15) is 0 Å². The van der Waals surface area contributed by atoms with Gasteiger partial charge in [-0.3, -0.25) is 9.80 Å². The molecule has 2 heterocycles. The van der Waals surface area contributed by atoms with Crippen molar-refractivity contribution < 1.29 is 5.11 Å². The summed E-state index contributed by atoms with van der Waals surface area (Å²) in [6, 6.07) is 9.79. The van der Waals surface area contributed by atoms with Crippen molar-refractivity contribution >= 4 is 0 Å². The number of hydrogen-bond donors (Lipinski definition) is 1. The minimum atomic E-state index is -0.571. The van der Waals surface area contributed by atoms with Gasteiger partial charge in [0.1, 0.15) is 0 Å². The third-order valence-electron chi connectivity index (χ3n) is 5.36. The van der Waals surface area contributed by atoms with E-state index in [0.717, 1.165) is 25.4 Å². The minimum absolute atomic E-state index is 0.571. The zero-order valence-corrected chi connectivity index (χ0v) is 14.8. The molecule has 0 aromatic heterocycles. The van der Waals surface area contributed by atoms with E-state index in [0.29, 0.717) is 0 Å². The summed E-state index contributed by atoms with van der Waals surface area (Å²) >= 11 is 0. The molecule has 0 unspecified atom stereocenters. The molecule has 2 aliphatic rings. The maximum absolute atomic E-state index is 9.83. The second-order valence-electron chi connectivity index (χ2n) is 8.05. The highest BCUT2D eigenvalue weighted by Gasteiger charge is 2.28. The molecule has 1 aromatic carbocycles. The average molecular weight is 316 g/mol. The van der Waals surface area contributed by atoms with Crippen molar-refractivity contribution in [2.75, 3.05) is 26.2 Å². The van der Waals surface area contributed by atoms with E-state index in [9.17, 15) is 5.11 Å². The fourth-order valence-electron chi connectivity index (χ4n) is 3.88. The number of aliphatic hydroxyl groups is 1. The fourth-order valence-corrected chi connectivity index (χ4v) is 3.88. The van der Waals surface area contributed by atoms with E-state index in [1.165, 1.54) is 56.6 Å². The molecule has 128 valence electrons. The van der Waals surface area contributed by atoms with Crippen molar-refractivity contribution in [3.05, 3.63) is 35.4 Å². The van der Waals surface area contributed by atoms with Crippen LogP contribution in [0.4, 0.5) is 0 Å². The highest BCUT2D eigenvalue weighted by atomic mass is 16.3. The van der Waals surface area contributed by atoms with Crippen LogP contribution in [0.5, 0.6) is 0 Å². The van der Waals surface area contributed by atoms with Gasteiger partial charge in [-0.15, -0.1) is 0 Å². The standard InChI is InChI=1S/C20H32N2O/c1-20(2,23)11-9-17-5-7-18(8-6-17)15-21-14-10-19(16-21)22-12-3-4-13-22/h5-8,19,23H,3-4,9-16H2,1-2H3/t19-/m0/s1. The number of benzene rings is 1. The lowest BCUT2D eigenvalue weighted by atomic mass is 9.98. The summed E-state index contributed by atoms with van der Waals surface area (Å²) in [7, 11) is 0. The molecular weight excluding hydrogens is 284 g/mol. The molecule has 0 amide bonds. The summed E-state index contributed by atoms with van der Waals surface area (Å²) in [5, 5.41) is 9.83. The van der Waals surface area contributed by atoms with Crippen molar-refractivity contribution in [1.29, 1.82) is 0 Å². The van der Waals surface area contributed by atoms with Gasteiger partial charge in [0.2, 0.25) is 0 Å². The first-order valence-corrected chi connectivity index (χ1v) is 9.26. The van der Waals surface area contributed by atoms with E-state index < -0.39 is 5.60 Å². The molecule has 23 heavy (non-hydrogen) atoms. The summed E-state index contributed by atoms with van der Waals surface area (Å²) in [6.07, 6.45) is 5.88. The number of likely N-dealkylation sites (tertiary alicyclic amines) is 2. The molecule has 1 atom stereocenters. The van der Waals surface area contributed by atoms with Crippen LogP contribution in [0.15, 0.2) is 24.3 Å². The van der Waals surface area contributed by atoms with Crippen LogP contribution in [-0.4, -0.2) is 52.7 Å². The lowest BCUT2D eigenvalue weighted by Crippen LogP contribution is -2.35. The smallest absolute Gasteiger partial charge is 0.0594 e. The Morgan fingerprint density at radius 1 is 1.04 bits per heavy atom. The Bertz CT molecular complexity index is 485. The van der Waals surface area contributed by atoms with E-state index in [1.807, 2.05) is 13.8 Å². The van der Waals surface area contributed by atoms with E-state index in [2.05, 4.69) is 34.1 Å². The molecule has 2 saturated heterocycles. The van der Waals surface area contributed by atoms with Gasteiger partial charge < -0.3 is 5.11 Å². The molecule has 1 aromatic rings. The van der Waals surface area contributed by atoms with Crippen LogP contribution in [0.3, 0.4) is 0 Å². The molecule has 0 spiro atoms. The van der Waals surface area contributed by atoms with E-state index in [1.54, 1.807) is 0 Å². The number of rotatable bonds is 6. The lowest BCUT2D eigenvalue weighted by molar-refractivity contribution is 0.0714. The topological polar surface area (TPSA) is 26.7 Å². The first-order chi connectivity index (χ1) is 11.0. The predicted molar refractivity (Wildman–Crippen MR) is 95.5 cm³/mol. The van der Waals surface area contributed by atoms with Crippen LogP contribution in [0, 0.1) is 0 Å². The molecular formula is C20H32N2O. The van der Waals surface area contributed by atoms with E-state index in [4.69, 9.17) is 0 Å². The van der Waals surface area contributed by atoms with Gasteiger partial charge in [0.15, 0.2) is 0 Å². The quantitative estimate of drug-likeness (QED) is 0.874. The average Bonchev–Trinajstić information content (AvgIpc) is 3.16. The normalized spacial score (nSPS) is 23.7. The first-order valence-electron chi connectivity index (χ1n) is 9.26. The Morgan fingerprint density at radius 2 is 1.70 bits per heavy atom. The second-order valence-corrected chi connectivity index (χ2v) is 8.05. The van der Waals surface area contributed by atoms with Gasteiger partial charge in [-0.05, 0) is 70.2 Å². The highest BCUT2D eigenvalue weighted by molar-refractivity contribution is 5.23. The molecule has 0 radical (unpaired) electrons. The Kier molecular flexibility index (Phi) is 5.40. The van der Waals surface area contributed by atoms with Gasteiger partial charge in [0, 0.05) is 25.7 Å². The SMILES string of the molecule is CC(C)(O)CCc1ccc(CN2CC[C@H](N3CCCC3)C2)cc1. The third kappa shape index (κ3) is 5.03. The molecule has 3 heteroatoms. The van der Waals surface area contributed by atoms with Gasteiger partial charge in [0.05, 0.1) is 5.60 Å². The van der Waals surface area contributed by atoms with Crippen molar-refractivity contribution in [2.24, 2.45) is 0 Å². The van der Waals surface area contributed by atoms with E-state index in [-0.39, 0.29) is 0 Å². The van der Waals surface area contributed by atoms with Crippen molar-refractivity contribution in [3.8, 4) is 0 Å². The van der Waals surface area contributed by atoms with Crippen molar-refractivity contribution in [2.45, 2.75) is 64.1 Å². The summed E-state index contributed by atoms with van der Waals surface area (Å²) in [4.78, 5) is 5.30. The molecule has 3 nitrogen and oxygen atoms in total. The Hall–Kier alpha value is -0.900. The molecule has 2 aliphatic heterocycles. The molecule has 0 bridgehead atoms. The van der Waals surface area contributed by atoms with Crippen LogP contribution >= 0.6 is 0 Å².